The second kappa shape index (κ2) is 11.0. The Hall–Kier alpha value is -2.96. The summed E-state index contributed by atoms with van der Waals surface area (Å²) in [4.78, 5) is 46.7. The Bertz CT molecular complexity index is 1070. The Morgan fingerprint density at radius 1 is 1.15 bits per heavy atom. The molecule has 0 aromatic carbocycles. The van der Waals surface area contributed by atoms with Gasteiger partial charge in [-0.3, -0.25) is 14.6 Å². The first-order chi connectivity index (χ1) is 16.4. The molecule has 1 saturated heterocycles. The lowest BCUT2D eigenvalue weighted by Gasteiger charge is -2.40. The highest BCUT2D eigenvalue weighted by molar-refractivity contribution is 7.08. The van der Waals surface area contributed by atoms with Crippen LogP contribution in [0.1, 0.15) is 42.6 Å². The lowest BCUT2D eigenvalue weighted by Crippen LogP contribution is -2.52. The zero-order chi connectivity index (χ0) is 24.1. The molecule has 2 aromatic rings. The number of thiophene rings is 1. The number of hydrogen-bond donors (Lipinski definition) is 5. The van der Waals surface area contributed by atoms with Gasteiger partial charge in [0, 0.05) is 56.1 Å². The van der Waals surface area contributed by atoms with Crippen LogP contribution in [0, 0.1) is 0 Å². The lowest BCUT2D eigenvalue weighted by molar-refractivity contribution is 0.0686. The fourth-order valence-corrected chi connectivity index (χ4v) is 5.38. The number of aromatic amines is 1. The Morgan fingerprint density at radius 2 is 1.88 bits per heavy atom. The summed E-state index contributed by atoms with van der Waals surface area (Å²) in [5, 5.41) is 27.6. The molecule has 2 aromatic heterocycles. The summed E-state index contributed by atoms with van der Waals surface area (Å²) in [6.45, 7) is 5.40. The molecular weight excluding hydrogens is 460 g/mol. The SMILES string of the molecule is O=C(NCCN1CCN(C2CCCCC2)CC1)Nc1cscc1-c1nc(C(=O)O)c(O)c(=O)[nH]1. The smallest absolute Gasteiger partial charge is 0.358 e. The van der Waals surface area contributed by atoms with Gasteiger partial charge in [-0.1, -0.05) is 19.3 Å². The highest BCUT2D eigenvalue weighted by Crippen LogP contribution is 2.29. The van der Waals surface area contributed by atoms with Crippen molar-refractivity contribution in [2.24, 2.45) is 0 Å². The molecule has 2 fully saturated rings. The molecule has 4 rings (SSSR count). The average Bonchev–Trinajstić information content (AvgIpc) is 3.29. The van der Waals surface area contributed by atoms with Crippen LogP contribution in [-0.2, 0) is 0 Å². The lowest BCUT2D eigenvalue weighted by atomic mass is 9.94. The number of aromatic carboxylic acids is 1. The third-order valence-electron chi connectivity index (χ3n) is 6.47. The van der Waals surface area contributed by atoms with Gasteiger partial charge >= 0.3 is 12.0 Å². The monoisotopic (exact) mass is 490 g/mol. The molecule has 0 atom stereocenters. The first kappa shape index (κ1) is 24.2. The summed E-state index contributed by atoms with van der Waals surface area (Å²) in [6.07, 6.45) is 6.68. The predicted octanol–water partition coefficient (Wildman–Crippen LogP) is 1.97. The Balaban J connectivity index is 1.26. The number of carbonyl (C=O) groups excluding carboxylic acids is 1. The van der Waals surface area contributed by atoms with E-state index in [0.717, 1.165) is 38.8 Å². The highest BCUT2D eigenvalue weighted by atomic mass is 32.1. The van der Waals surface area contributed by atoms with Crippen LogP contribution in [0.2, 0.25) is 0 Å². The first-order valence-electron chi connectivity index (χ1n) is 11.6. The zero-order valence-corrected chi connectivity index (χ0v) is 19.7. The van der Waals surface area contributed by atoms with Crippen LogP contribution in [-0.4, -0.2) is 87.3 Å². The average molecular weight is 491 g/mol. The predicted molar refractivity (Wildman–Crippen MR) is 129 cm³/mol. The summed E-state index contributed by atoms with van der Waals surface area (Å²) in [6, 6.07) is 0.337. The van der Waals surface area contributed by atoms with E-state index in [1.165, 1.54) is 43.4 Å². The van der Waals surface area contributed by atoms with Gasteiger partial charge in [0.15, 0.2) is 5.69 Å². The molecule has 0 radical (unpaired) electrons. The van der Waals surface area contributed by atoms with E-state index in [2.05, 4.69) is 30.4 Å². The number of nitrogens with one attached hydrogen (secondary N) is 3. The highest BCUT2D eigenvalue weighted by Gasteiger charge is 2.25. The van der Waals surface area contributed by atoms with Crippen LogP contribution in [0.15, 0.2) is 15.6 Å². The minimum absolute atomic E-state index is 0.0485. The van der Waals surface area contributed by atoms with Gasteiger partial charge in [0.25, 0.3) is 5.56 Å². The number of rotatable bonds is 7. The molecule has 1 aliphatic carbocycles. The van der Waals surface area contributed by atoms with E-state index in [4.69, 9.17) is 5.11 Å². The van der Waals surface area contributed by atoms with E-state index in [9.17, 15) is 19.5 Å². The summed E-state index contributed by atoms with van der Waals surface area (Å²) in [5.74, 6) is -2.53. The van der Waals surface area contributed by atoms with Gasteiger partial charge in [0.2, 0.25) is 5.75 Å². The molecule has 0 unspecified atom stereocenters. The number of carbonyl (C=O) groups is 2. The number of carboxylic acids is 1. The van der Waals surface area contributed by atoms with Crippen LogP contribution < -0.4 is 16.2 Å². The second-order valence-corrected chi connectivity index (χ2v) is 9.41. The number of nitrogens with zero attached hydrogens (tertiary/aromatic N) is 3. The number of urea groups is 1. The van der Waals surface area contributed by atoms with Crippen molar-refractivity contribution < 1.29 is 19.8 Å². The Labute approximate surface area is 200 Å². The number of aromatic hydroxyl groups is 1. The fraction of sp³-hybridized carbons (Fsp3) is 0.545. The maximum atomic E-state index is 12.4. The van der Waals surface area contributed by atoms with Crippen molar-refractivity contribution in [3.05, 3.63) is 26.8 Å². The van der Waals surface area contributed by atoms with Crippen LogP contribution in [0.3, 0.4) is 0 Å². The molecule has 1 saturated carbocycles. The Kier molecular flexibility index (Phi) is 7.80. The van der Waals surface area contributed by atoms with Gasteiger partial charge in [-0.25, -0.2) is 14.6 Å². The molecule has 0 spiro atoms. The molecular formula is C22H30N6O5S. The quantitative estimate of drug-likeness (QED) is 0.395. The molecule has 0 bridgehead atoms. The molecule has 34 heavy (non-hydrogen) atoms. The summed E-state index contributed by atoms with van der Waals surface area (Å²) in [5.41, 5.74) is -0.969. The molecule has 12 heteroatoms. The van der Waals surface area contributed by atoms with Crippen molar-refractivity contribution in [2.45, 2.75) is 38.1 Å². The Morgan fingerprint density at radius 3 is 2.59 bits per heavy atom. The van der Waals surface area contributed by atoms with Gasteiger partial charge in [-0.05, 0) is 12.8 Å². The topological polar surface area (TPSA) is 151 Å². The normalized spacial score (nSPS) is 18.0. The number of hydrogen-bond acceptors (Lipinski definition) is 8. The molecule has 11 nitrogen and oxygen atoms in total. The van der Waals surface area contributed by atoms with E-state index in [1.54, 1.807) is 10.8 Å². The van der Waals surface area contributed by atoms with Crippen molar-refractivity contribution >= 4 is 29.0 Å². The third kappa shape index (κ3) is 5.75. The molecule has 184 valence electrons. The molecule has 3 heterocycles. The number of carboxylic acid groups (broad SMARTS) is 1. The van der Waals surface area contributed by atoms with Crippen molar-refractivity contribution in [2.75, 3.05) is 44.6 Å². The minimum Gasteiger partial charge on any atom is -0.501 e. The van der Waals surface area contributed by atoms with Gasteiger partial charge in [0.1, 0.15) is 5.82 Å². The largest absolute Gasteiger partial charge is 0.501 e. The number of piperazine rings is 1. The van der Waals surface area contributed by atoms with Crippen LogP contribution in [0.25, 0.3) is 11.4 Å². The number of H-pyrrole nitrogens is 1. The van der Waals surface area contributed by atoms with Crippen LogP contribution in [0.4, 0.5) is 10.5 Å². The molecule has 1 aliphatic heterocycles. The molecule has 5 N–H and O–H groups in total. The summed E-state index contributed by atoms with van der Waals surface area (Å²) < 4.78 is 0. The second-order valence-electron chi connectivity index (χ2n) is 8.67. The van der Waals surface area contributed by atoms with E-state index < -0.39 is 29.0 Å². The van der Waals surface area contributed by atoms with Crippen molar-refractivity contribution in [1.29, 1.82) is 0 Å². The molecule has 2 aliphatic rings. The van der Waals surface area contributed by atoms with E-state index in [1.807, 2.05) is 0 Å². The van der Waals surface area contributed by atoms with Crippen LogP contribution >= 0.6 is 11.3 Å². The van der Waals surface area contributed by atoms with Gasteiger partial charge in [0.05, 0.1) is 11.3 Å². The standard InChI is InChI=1S/C22H30N6O5S/c29-18-17(21(31)32)25-19(26-20(18)30)15-12-34-13-16(15)24-22(33)23-6-7-27-8-10-28(11-9-27)14-4-2-1-3-5-14/h12-14,29H,1-11H2,(H,31,32)(H2,23,24,33)(H,25,26,30). The van der Waals surface area contributed by atoms with E-state index >= 15 is 0 Å². The molecule has 2 amide bonds. The fourth-order valence-electron chi connectivity index (χ4n) is 4.61. The van der Waals surface area contributed by atoms with Crippen molar-refractivity contribution in [3.63, 3.8) is 0 Å². The van der Waals surface area contributed by atoms with Gasteiger partial charge in [-0.2, -0.15) is 0 Å². The number of amides is 2. The van der Waals surface area contributed by atoms with Crippen molar-refractivity contribution in [1.82, 2.24) is 25.1 Å². The van der Waals surface area contributed by atoms with Gasteiger partial charge < -0.3 is 25.8 Å². The zero-order valence-electron chi connectivity index (χ0n) is 18.9. The van der Waals surface area contributed by atoms with E-state index in [0.29, 0.717) is 17.8 Å². The number of aromatic nitrogens is 2. The maximum Gasteiger partial charge on any atom is 0.358 e. The third-order valence-corrected chi connectivity index (χ3v) is 7.22. The van der Waals surface area contributed by atoms with Crippen LogP contribution in [0.5, 0.6) is 5.75 Å². The minimum atomic E-state index is -1.52. The maximum absolute atomic E-state index is 12.4. The number of anilines is 1. The summed E-state index contributed by atoms with van der Waals surface area (Å²) >= 11 is 1.26. The van der Waals surface area contributed by atoms with Crippen molar-refractivity contribution in [3.8, 4) is 17.1 Å². The summed E-state index contributed by atoms with van der Waals surface area (Å²) in [7, 11) is 0. The first-order valence-corrected chi connectivity index (χ1v) is 12.5. The van der Waals surface area contributed by atoms with Gasteiger partial charge in [-0.15, -0.1) is 11.3 Å². The van der Waals surface area contributed by atoms with E-state index in [-0.39, 0.29) is 5.82 Å².